The summed E-state index contributed by atoms with van der Waals surface area (Å²) in [4.78, 5) is 16.8. The van der Waals surface area contributed by atoms with Crippen LogP contribution >= 0.6 is 11.8 Å². The summed E-state index contributed by atoms with van der Waals surface area (Å²) in [6, 6.07) is 25.9. The highest BCUT2D eigenvalue weighted by Crippen LogP contribution is 2.32. The van der Waals surface area contributed by atoms with Gasteiger partial charge in [-0.05, 0) is 78.7 Å². The maximum absolute atomic E-state index is 12.2. The first-order valence-corrected chi connectivity index (χ1v) is 13.3. The Labute approximate surface area is 236 Å². The zero-order valence-corrected chi connectivity index (χ0v) is 23.3. The number of rotatable bonds is 9. The molecule has 9 heteroatoms. The molecule has 2 N–H and O–H groups in total. The molecule has 0 aliphatic rings. The highest BCUT2D eigenvalue weighted by Gasteiger charge is 2.18. The van der Waals surface area contributed by atoms with E-state index >= 15 is 0 Å². The van der Waals surface area contributed by atoms with Gasteiger partial charge in [0.05, 0.1) is 14.2 Å². The van der Waals surface area contributed by atoms with E-state index < -0.39 is 5.97 Å². The molecule has 0 bridgehead atoms. The number of thioether (sulfide) groups is 1. The molecule has 0 aliphatic heterocycles. The van der Waals surface area contributed by atoms with Crippen LogP contribution in [0.5, 0.6) is 11.5 Å². The number of nitrogens with one attached hydrogen (secondary N) is 1. The van der Waals surface area contributed by atoms with Gasteiger partial charge in [-0.3, -0.25) is 5.10 Å². The molecule has 0 atom stereocenters. The number of carbonyl (C=O) groups is 1. The number of hydrogen-bond donors (Lipinski definition) is 2. The van der Waals surface area contributed by atoms with Crippen molar-refractivity contribution in [3.8, 4) is 39.7 Å². The fourth-order valence-corrected chi connectivity index (χ4v) is 5.20. The van der Waals surface area contributed by atoms with Crippen LogP contribution in [0.25, 0.3) is 34.3 Å². The molecule has 202 valence electrons. The molecule has 8 nitrogen and oxygen atoms in total. The number of hydrogen-bond acceptors (Lipinski definition) is 6. The lowest BCUT2D eigenvalue weighted by atomic mass is 10.1. The van der Waals surface area contributed by atoms with E-state index in [0.717, 1.165) is 45.5 Å². The summed E-state index contributed by atoms with van der Waals surface area (Å²) in [6.07, 6.45) is 1.66. The van der Waals surface area contributed by atoms with Crippen molar-refractivity contribution >= 4 is 23.8 Å². The van der Waals surface area contributed by atoms with Gasteiger partial charge in [-0.25, -0.2) is 9.78 Å². The Balaban J connectivity index is 1.41. The van der Waals surface area contributed by atoms with Crippen molar-refractivity contribution in [3.05, 3.63) is 101 Å². The van der Waals surface area contributed by atoms with Gasteiger partial charge < -0.3 is 19.1 Å². The summed E-state index contributed by atoms with van der Waals surface area (Å²) in [5.41, 5.74) is 6.74. The second-order valence-corrected chi connectivity index (χ2v) is 10.1. The van der Waals surface area contributed by atoms with E-state index in [-0.39, 0.29) is 10.1 Å². The van der Waals surface area contributed by atoms with E-state index in [0.29, 0.717) is 22.9 Å². The number of aliphatic carboxylic acids is 1. The molecule has 3 aromatic carbocycles. The van der Waals surface area contributed by atoms with Crippen LogP contribution < -0.4 is 9.47 Å². The third-order valence-corrected chi connectivity index (χ3v) is 7.37. The maximum Gasteiger partial charge on any atom is 0.342 e. The van der Waals surface area contributed by atoms with Gasteiger partial charge >= 0.3 is 5.97 Å². The summed E-state index contributed by atoms with van der Waals surface area (Å²) in [7, 11) is 3.14. The van der Waals surface area contributed by atoms with Gasteiger partial charge in [0.15, 0.2) is 5.82 Å². The SMILES string of the molecule is COc1cc(OC)cc(-c2nc(S/C(=C\c3cc(C)n(-c4ccc(-c5ccccc5)cc4)c3C)C(=O)O)n[nH]2)c1. The van der Waals surface area contributed by atoms with E-state index in [4.69, 9.17) is 9.47 Å². The minimum Gasteiger partial charge on any atom is -0.497 e. The second kappa shape index (κ2) is 11.5. The van der Waals surface area contributed by atoms with E-state index in [1.165, 1.54) is 0 Å². The van der Waals surface area contributed by atoms with Crippen molar-refractivity contribution in [2.24, 2.45) is 0 Å². The number of carboxylic acid groups (broad SMARTS) is 1. The number of benzene rings is 3. The quantitative estimate of drug-likeness (QED) is 0.153. The van der Waals surface area contributed by atoms with E-state index in [9.17, 15) is 9.90 Å². The van der Waals surface area contributed by atoms with Gasteiger partial charge in [0, 0.05) is 28.7 Å². The lowest BCUT2D eigenvalue weighted by molar-refractivity contribution is -0.131. The molecule has 0 saturated carbocycles. The van der Waals surface area contributed by atoms with Crippen molar-refractivity contribution < 1.29 is 19.4 Å². The summed E-state index contributed by atoms with van der Waals surface area (Å²) < 4.78 is 12.8. The molecule has 0 saturated heterocycles. The Hall–Kier alpha value is -4.76. The number of aromatic nitrogens is 4. The molecule has 2 aromatic heterocycles. The maximum atomic E-state index is 12.2. The molecule has 0 amide bonds. The normalized spacial score (nSPS) is 11.4. The van der Waals surface area contributed by atoms with Crippen molar-refractivity contribution in [2.75, 3.05) is 14.2 Å². The highest BCUT2D eigenvalue weighted by molar-refractivity contribution is 8.04. The van der Waals surface area contributed by atoms with Crippen molar-refractivity contribution in [1.29, 1.82) is 0 Å². The zero-order chi connectivity index (χ0) is 28.2. The number of aromatic amines is 1. The van der Waals surface area contributed by atoms with Crippen LogP contribution in [0.3, 0.4) is 0 Å². The number of ether oxygens (including phenoxy) is 2. The van der Waals surface area contributed by atoms with Gasteiger partial charge in [-0.1, -0.05) is 42.5 Å². The van der Waals surface area contributed by atoms with Gasteiger partial charge in [0.1, 0.15) is 16.4 Å². The zero-order valence-electron chi connectivity index (χ0n) is 22.5. The molecule has 5 rings (SSSR count). The molecule has 40 heavy (non-hydrogen) atoms. The predicted molar refractivity (Wildman–Crippen MR) is 157 cm³/mol. The summed E-state index contributed by atoms with van der Waals surface area (Å²) >= 11 is 0.983. The first kappa shape index (κ1) is 26.8. The monoisotopic (exact) mass is 552 g/mol. The van der Waals surface area contributed by atoms with Crippen LogP contribution in [-0.4, -0.2) is 45.0 Å². The first-order valence-electron chi connectivity index (χ1n) is 12.5. The van der Waals surface area contributed by atoms with Crippen LogP contribution in [0.2, 0.25) is 0 Å². The third kappa shape index (κ3) is 5.64. The predicted octanol–water partition coefficient (Wildman–Crippen LogP) is 6.78. The van der Waals surface area contributed by atoms with Crippen LogP contribution in [0, 0.1) is 13.8 Å². The fraction of sp³-hybridized carbons (Fsp3) is 0.129. The minimum atomic E-state index is -1.06. The first-order chi connectivity index (χ1) is 19.4. The molecule has 0 spiro atoms. The number of nitrogens with zero attached hydrogens (tertiary/aromatic N) is 3. The highest BCUT2D eigenvalue weighted by atomic mass is 32.2. The molecule has 0 unspecified atom stereocenters. The van der Waals surface area contributed by atoms with Crippen LogP contribution in [0.15, 0.2) is 88.9 Å². The molecule has 5 aromatic rings. The molecule has 0 fully saturated rings. The van der Waals surface area contributed by atoms with Gasteiger partial charge in [0.2, 0.25) is 5.16 Å². The topological polar surface area (TPSA) is 102 Å². The number of carboxylic acids is 1. The van der Waals surface area contributed by atoms with Crippen molar-refractivity contribution in [3.63, 3.8) is 0 Å². The van der Waals surface area contributed by atoms with Crippen LogP contribution in [-0.2, 0) is 4.79 Å². The van der Waals surface area contributed by atoms with Crippen molar-refractivity contribution in [2.45, 2.75) is 19.0 Å². The average molecular weight is 553 g/mol. The molecule has 0 aliphatic carbocycles. The number of aryl methyl sites for hydroxylation is 1. The third-order valence-electron chi connectivity index (χ3n) is 6.49. The Morgan fingerprint density at radius 3 is 2.17 bits per heavy atom. The Morgan fingerprint density at radius 2 is 1.55 bits per heavy atom. The van der Waals surface area contributed by atoms with E-state index in [2.05, 4.69) is 56.1 Å². The number of methoxy groups -OCH3 is 2. The molecular formula is C31H28N4O4S. The minimum absolute atomic E-state index is 0.105. The second-order valence-electron chi connectivity index (χ2n) is 9.06. The lowest BCUT2D eigenvalue weighted by Crippen LogP contribution is -2.00. The largest absolute Gasteiger partial charge is 0.497 e. The van der Waals surface area contributed by atoms with Gasteiger partial charge in [0.25, 0.3) is 0 Å². The van der Waals surface area contributed by atoms with E-state index in [1.807, 2.05) is 38.1 Å². The van der Waals surface area contributed by atoms with Crippen LogP contribution in [0.4, 0.5) is 0 Å². The molecular weight excluding hydrogens is 524 g/mol. The standard InChI is InChI=1S/C31H28N4O4S/c1-19-14-23(20(2)35(19)25-12-10-22(11-13-25)21-8-6-5-7-9-21)17-28(30(36)37)40-31-32-29(33-34-31)24-15-26(38-3)18-27(16-24)39-4/h5-18H,1-4H3,(H,36,37)(H,32,33,34)/b28-17-. The van der Waals surface area contributed by atoms with E-state index in [1.54, 1.807) is 38.5 Å². The molecule has 2 heterocycles. The van der Waals surface area contributed by atoms with Gasteiger partial charge in [-0.15, -0.1) is 5.10 Å². The summed E-state index contributed by atoms with van der Waals surface area (Å²) in [5.74, 6) is 0.630. The summed E-state index contributed by atoms with van der Waals surface area (Å²) in [5, 5.41) is 17.4. The fourth-order valence-electron chi connectivity index (χ4n) is 4.50. The van der Waals surface area contributed by atoms with Crippen LogP contribution in [0.1, 0.15) is 17.0 Å². The summed E-state index contributed by atoms with van der Waals surface area (Å²) in [6.45, 7) is 3.99. The average Bonchev–Trinajstić information content (AvgIpc) is 3.56. The Kier molecular flexibility index (Phi) is 7.75. The lowest BCUT2D eigenvalue weighted by Gasteiger charge is -2.11. The van der Waals surface area contributed by atoms with Crippen molar-refractivity contribution in [1.82, 2.24) is 19.7 Å². The number of H-pyrrole nitrogens is 1. The Morgan fingerprint density at radius 1 is 0.900 bits per heavy atom. The smallest absolute Gasteiger partial charge is 0.342 e. The Bertz CT molecular complexity index is 1670. The van der Waals surface area contributed by atoms with Gasteiger partial charge in [-0.2, -0.15) is 0 Å². The molecule has 0 radical (unpaired) electrons.